The molecule has 1 aliphatic heterocycles. The van der Waals surface area contributed by atoms with Gasteiger partial charge in [-0.15, -0.1) is 11.3 Å². The first-order valence-corrected chi connectivity index (χ1v) is 10.3. The maximum absolute atomic E-state index is 12.6. The van der Waals surface area contributed by atoms with E-state index in [2.05, 4.69) is 4.72 Å². The molecule has 0 fully saturated rings. The third kappa shape index (κ3) is 3.02. The third-order valence-corrected chi connectivity index (χ3v) is 7.00. The summed E-state index contributed by atoms with van der Waals surface area (Å²) in [5, 5.41) is 0. The highest BCUT2D eigenvalue weighted by Gasteiger charge is 2.36. The molecule has 1 aromatic heterocycles. The predicted molar refractivity (Wildman–Crippen MR) is 104 cm³/mol. The average molecular weight is 398 g/mol. The Hall–Kier alpha value is -2.97. The van der Waals surface area contributed by atoms with Crippen molar-refractivity contribution in [3.05, 3.63) is 76.7 Å². The molecule has 3 aromatic rings. The molecule has 6 nitrogen and oxygen atoms in total. The molecule has 1 N–H and O–H groups in total. The molecule has 0 aliphatic carbocycles. The van der Waals surface area contributed by atoms with Gasteiger partial charge in [0.2, 0.25) is 0 Å². The number of hydrogen-bond acceptors (Lipinski definition) is 5. The molecule has 0 saturated carbocycles. The Bertz CT molecular complexity index is 1150. The molecule has 8 heteroatoms. The molecule has 0 spiro atoms. The van der Waals surface area contributed by atoms with Gasteiger partial charge in [-0.2, -0.15) is 0 Å². The van der Waals surface area contributed by atoms with Gasteiger partial charge < -0.3 is 0 Å². The number of amides is 2. The number of nitrogens with one attached hydrogen (secondary N) is 1. The van der Waals surface area contributed by atoms with Gasteiger partial charge in [-0.3, -0.25) is 14.3 Å². The van der Waals surface area contributed by atoms with Gasteiger partial charge in [-0.05, 0) is 49.4 Å². The number of imide groups is 1. The molecule has 2 heterocycles. The first-order chi connectivity index (χ1) is 12.9. The van der Waals surface area contributed by atoms with Crippen molar-refractivity contribution in [3.63, 3.8) is 0 Å². The summed E-state index contributed by atoms with van der Waals surface area (Å²) in [5.41, 5.74) is 1.25. The summed E-state index contributed by atoms with van der Waals surface area (Å²) in [7, 11) is -3.73. The number of fused-ring (bicyclic) bond motifs is 1. The summed E-state index contributed by atoms with van der Waals surface area (Å²) >= 11 is 1.17. The van der Waals surface area contributed by atoms with Crippen LogP contribution >= 0.6 is 11.3 Å². The first-order valence-electron chi connectivity index (χ1n) is 8.04. The van der Waals surface area contributed by atoms with E-state index in [0.29, 0.717) is 16.8 Å². The van der Waals surface area contributed by atoms with Crippen LogP contribution in [0.2, 0.25) is 0 Å². The van der Waals surface area contributed by atoms with Gasteiger partial charge in [0.25, 0.3) is 21.8 Å². The summed E-state index contributed by atoms with van der Waals surface area (Å²) in [5.74, 6) is -0.853. The topological polar surface area (TPSA) is 83.6 Å². The van der Waals surface area contributed by atoms with E-state index in [1.54, 1.807) is 48.5 Å². The number of hydrogen-bond donors (Lipinski definition) is 1. The Morgan fingerprint density at radius 1 is 0.889 bits per heavy atom. The van der Waals surface area contributed by atoms with Crippen LogP contribution in [-0.2, 0) is 10.0 Å². The van der Waals surface area contributed by atoms with Crippen molar-refractivity contribution in [2.75, 3.05) is 9.62 Å². The second kappa shape index (κ2) is 6.33. The van der Waals surface area contributed by atoms with E-state index in [0.717, 1.165) is 9.78 Å². The Kier molecular flexibility index (Phi) is 4.09. The minimum Gasteiger partial charge on any atom is -0.279 e. The Balaban J connectivity index is 1.66. The summed E-state index contributed by atoms with van der Waals surface area (Å²) < 4.78 is 27.7. The lowest BCUT2D eigenvalue weighted by Gasteiger charge is -2.15. The Labute approximate surface area is 160 Å². The van der Waals surface area contributed by atoms with Gasteiger partial charge in [-0.1, -0.05) is 18.2 Å². The van der Waals surface area contributed by atoms with Crippen LogP contribution in [0.15, 0.2) is 64.9 Å². The molecule has 0 atom stereocenters. The van der Waals surface area contributed by atoms with Gasteiger partial charge >= 0.3 is 0 Å². The van der Waals surface area contributed by atoms with Crippen LogP contribution in [0.1, 0.15) is 25.6 Å². The summed E-state index contributed by atoms with van der Waals surface area (Å²) in [6, 6.07) is 16.1. The molecule has 0 bridgehead atoms. The number of sulfonamides is 1. The van der Waals surface area contributed by atoms with E-state index in [-0.39, 0.29) is 9.90 Å². The highest BCUT2D eigenvalue weighted by molar-refractivity contribution is 7.94. The van der Waals surface area contributed by atoms with Crippen molar-refractivity contribution in [3.8, 4) is 0 Å². The molecule has 1 aliphatic rings. The number of anilines is 2. The largest absolute Gasteiger partial charge is 0.279 e. The van der Waals surface area contributed by atoms with Crippen LogP contribution in [0.25, 0.3) is 0 Å². The fourth-order valence-electron chi connectivity index (χ4n) is 2.89. The van der Waals surface area contributed by atoms with Crippen molar-refractivity contribution < 1.29 is 18.0 Å². The Morgan fingerprint density at radius 2 is 1.56 bits per heavy atom. The number of benzene rings is 2. The number of thiophene rings is 1. The number of rotatable bonds is 4. The highest BCUT2D eigenvalue weighted by atomic mass is 32.2. The molecular formula is C19H14N2O4S2. The van der Waals surface area contributed by atoms with E-state index in [9.17, 15) is 18.0 Å². The van der Waals surface area contributed by atoms with Crippen LogP contribution in [0.3, 0.4) is 0 Å². The molecule has 0 saturated heterocycles. The van der Waals surface area contributed by atoms with Crippen LogP contribution in [0.4, 0.5) is 11.4 Å². The molecule has 27 heavy (non-hydrogen) atoms. The van der Waals surface area contributed by atoms with Gasteiger partial charge in [0.15, 0.2) is 0 Å². The zero-order valence-corrected chi connectivity index (χ0v) is 15.8. The van der Waals surface area contributed by atoms with Gasteiger partial charge in [-0.25, -0.2) is 13.3 Å². The van der Waals surface area contributed by atoms with Crippen molar-refractivity contribution in [1.29, 1.82) is 0 Å². The third-order valence-electron chi connectivity index (χ3n) is 4.13. The SMILES string of the molecule is Cc1ccc(S(=O)(=O)Nc2cccc(N3C(=O)c4ccccc4C3=O)c2)s1. The van der Waals surface area contributed by atoms with Crippen LogP contribution in [0, 0.1) is 6.92 Å². The summed E-state index contributed by atoms with van der Waals surface area (Å²) in [4.78, 5) is 27.1. The van der Waals surface area contributed by atoms with Gasteiger partial charge in [0.1, 0.15) is 4.21 Å². The Morgan fingerprint density at radius 3 is 2.15 bits per heavy atom. The molecule has 2 amide bonds. The maximum Gasteiger partial charge on any atom is 0.271 e. The van der Waals surface area contributed by atoms with Gasteiger partial charge in [0, 0.05) is 4.88 Å². The van der Waals surface area contributed by atoms with E-state index < -0.39 is 21.8 Å². The number of carbonyl (C=O) groups is 2. The van der Waals surface area contributed by atoms with Crippen LogP contribution in [0.5, 0.6) is 0 Å². The van der Waals surface area contributed by atoms with Crippen molar-refractivity contribution in [1.82, 2.24) is 0 Å². The maximum atomic E-state index is 12.6. The molecule has 0 unspecified atom stereocenters. The van der Waals surface area contributed by atoms with Crippen molar-refractivity contribution in [2.24, 2.45) is 0 Å². The fourth-order valence-corrected chi connectivity index (χ4v) is 5.23. The van der Waals surface area contributed by atoms with Crippen molar-refractivity contribution >= 4 is 44.5 Å². The molecule has 136 valence electrons. The number of carbonyl (C=O) groups excluding carboxylic acids is 2. The van der Waals surface area contributed by atoms with E-state index in [1.807, 2.05) is 6.92 Å². The van der Waals surface area contributed by atoms with E-state index in [1.165, 1.54) is 23.5 Å². The van der Waals surface area contributed by atoms with Crippen LogP contribution < -0.4 is 9.62 Å². The second-order valence-electron chi connectivity index (χ2n) is 6.01. The van der Waals surface area contributed by atoms with E-state index >= 15 is 0 Å². The second-order valence-corrected chi connectivity index (χ2v) is 9.21. The lowest BCUT2D eigenvalue weighted by Crippen LogP contribution is -2.29. The van der Waals surface area contributed by atoms with Crippen molar-refractivity contribution in [2.45, 2.75) is 11.1 Å². The molecule has 0 radical (unpaired) electrons. The monoisotopic (exact) mass is 398 g/mol. The lowest BCUT2D eigenvalue weighted by atomic mass is 10.1. The normalized spacial score (nSPS) is 13.7. The molecule has 4 rings (SSSR count). The van der Waals surface area contributed by atoms with E-state index in [4.69, 9.17) is 0 Å². The summed E-state index contributed by atoms with van der Waals surface area (Å²) in [6.07, 6.45) is 0. The lowest BCUT2D eigenvalue weighted by molar-refractivity contribution is 0.0926. The van der Waals surface area contributed by atoms with Crippen LogP contribution in [-0.4, -0.2) is 20.2 Å². The smallest absolute Gasteiger partial charge is 0.271 e. The van der Waals surface area contributed by atoms with Gasteiger partial charge in [0.05, 0.1) is 22.5 Å². The zero-order valence-electron chi connectivity index (χ0n) is 14.2. The minimum atomic E-state index is -3.73. The standard InChI is InChI=1S/C19H14N2O4S2/c1-12-9-10-17(26-12)27(24,25)20-13-5-4-6-14(11-13)21-18(22)15-7-2-3-8-16(15)19(21)23/h2-11,20H,1H3. The highest BCUT2D eigenvalue weighted by Crippen LogP contribution is 2.31. The summed E-state index contributed by atoms with van der Waals surface area (Å²) in [6.45, 7) is 1.83. The molecule has 2 aromatic carbocycles. The predicted octanol–water partition coefficient (Wildman–Crippen LogP) is 3.66. The first kappa shape index (κ1) is 17.4. The zero-order chi connectivity index (χ0) is 19.2. The average Bonchev–Trinajstić information content (AvgIpc) is 3.18. The quantitative estimate of drug-likeness (QED) is 0.680. The minimum absolute atomic E-state index is 0.200. The molecular weight excluding hydrogens is 384 g/mol. The number of nitrogens with zero attached hydrogens (tertiary/aromatic N) is 1. The fraction of sp³-hybridized carbons (Fsp3) is 0.0526. The number of aryl methyl sites for hydroxylation is 1.